The smallest absolute Gasteiger partial charge is 0.183 e. The second-order valence-corrected chi connectivity index (χ2v) is 2.49. The summed E-state index contributed by atoms with van der Waals surface area (Å²) in [6.45, 7) is 1.85. The Morgan fingerprint density at radius 2 is 2.10 bits per heavy atom. The lowest BCUT2D eigenvalue weighted by Crippen LogP contribution is -3.06. The first kappa shape index (κ1) is 9.10. The third-order valence-electron chi connectivity index (χ3n) is 1.05. The Labute approximate surface area is 60.1 Å². The Kier molecular flexibility index (Phi) is 3.64. The lowest BCUT2D eigenvalue weighted by molar-refractivity contribution is -0.848. The SMILES string of the molecule is CC(=O)/C(C[NH+](C)C)=N\O. The number of hydrogen-bond acceptors (Lipinski definition) is 3. The standard InChI is InChI=1S/C6H12N2O2/c1-5(9)6(7-10)4-8(2)3/h10H,4H2,1-3H3/p+1/b7-6-. The number of carbonyl (C=O) groups excluding carboxylic acids is 1. The maximum Gasteiger partial charge on any atom is 0.183 e. The van der Waals surface area contributed by atoms with Crippen LogP contribution in [0.25, 0.3) is 0 Å². The zero-order valence-corrected chi connectivity index (χ0v) is 6.51. The van der Waals surface area contributed by atoms with Gasteiger partial charge >= 0.3 is 0 Å². The van der Waals surface area contributed by atoms with Gasteiger partial charge in [-0.15, -0.1) is 0 Å². The number of rotatable bonds is 3. The molecule has 0 fully saturated rings. The molecule has 0 saturated carbocycles. The van der Waals surface area contributed by atoms with E-state index in [1.54, 1.807) is 0 Å². The molecular weight excluding hydrogens is 132 g/mol. The first-order valence-electron chi connectivity index (χ1n) is 3.08. The molecule has 0 aliphatic heterocycles. The molecule has 0 aromatic heterocycles. The van der Waals surface area contributed by atoms with E-state index in [0.717, 1.165) is 4.90 Å². The summed E-state index contributed by atoms with van der Waals surface area (Å²) >= 11 is 0. The number of carbonyl (C=O) groups is 1. The van der Waals surface area contributed by atoms with Crippen LogP contribution in [-0.2, 0) is 4.79 Å². The number of oxime groups is 1. The highest BCUT2D eigenvalue weighted by atomic mass is 16.4. The molecule has 4 nitrogen and oxygen atoms in total. The lowest BCUT2D eigenvalue weighted by Gasteiger charge is -2.04. The first-order valence-corrected chi connectivity index (χ1v) is 3.08. The summed E-state index contributed by atoms with van der Waals surface area (Å²) in [4.78, 5) is 11.7. The van der Waals surface area contributed by atoms with E-state index in [9.17, 15) is 4.79 Å². The fourth-order valence-electron chi connectivity index (χ4n) is 0.565. The highest BCUT2D eigenvalue weighted by Gasteiger charge is 2.09. The molecule has 4 heteroatoms. The largest absolute Gasteiger partial charge is 0.410 e. The van der Waals surface area contributed by atoms with E-state index in [-0.39, 0.29) is 11.5 Å². The Morgan fingerprint density at radius 1 is 1.60 bits per heavy atom. The highest BCUT2D eigenvalue weighted by Crippen LogP contribution is 1.74. The van der Waals surface area contributed by atoms with Crippen LogP contribution >= 0.6 is 0 Å². The van der Waals surface area contributed by atoms with Gasteiger partial charge in [-0.05, 0) is 0 Å². The van der Waals surface area contributed by atoms with Crippen molar-refractivity contribution in [3.63, 3.8) is 0 Å². The topological polar surface area (TPSA) is 54.1 Å². The number of Topliss-reactive ketones (excluding diaryl/α,β-unsaturated/α-hetero) is 1. The normalized spacial score (nSPS) is 12.2. The van der Waals surface area contributed by atoms with Gasteiger partial charge < -0.3 is 10.1 Å². The van der Waals surface area contributed by atoms with Crippen LogP contribution in [0.1, 0.15) is 6.92 Å². The summed E-state index contributed by atoms with van der Waals surface area (Å²) in [7, 11) is 3.77. The van der Waals surface area contributed by atoms with Crippen LogP contribution in [0.5, 0.6) is 0 Å². The highest BCUT2D eigenvalue weighted by molar-refractivity contribution is 6.39. The van der Waals surface area contributed by atoms with Crippen LogP contribution < -0.4 is 4.90 Å². The van der Waals surface area contributed by atoms with E-state index in [1.165, 1.54) is 6.92 Å². The minimum atomic E-state index is -0.177. The number of nitrogens with one attached hydrogen (secondary N) is 1. The maximum absolute atomic E-state index is 10.6. The molecule has 0 atom stereocenters. The molecule has 0 saturated heterocycles. The van der Waals surface area contributed by atoms with E-state index < -0.39 is 0 Å². The number of hydrogen-bond donors (Lipinski definition) is 2. The molecule has 0 bridgehead atoms. The zero-order chi connectivity index (χ0) is 8.15. The molecule has 0 spiro atoms. The zero-order valence-electron chi connectivity index (χ0n) is 6.51. The molecule has 0 amide bonds. The van der Waals surface area contributed by atoms with Gasteiger partial charge in [0, 0.05) is 6.92 Å². The maximum atomic E-state index is 10.6. The van der Waals surface area contributed by atoms with Crippen molar-refractivity contribution in [2.75, 3.05) is 20.6 Å². The van der Waals surface area contributed by atoms with E-state index in [0.29, 0.717) is 6.54 Å². The van der Waals surface area contributed by atoms with Gasteiger partial charge in [-0.3, -0.25) is 4.79 Å². The molecule has 0 aliphatic carbocycles. The van der Waals surface area contributed by atoms with Crippen molar-refractivity contribution in [2.24, 2.45) is 5.16 Å². The summed E-state index contributed by atoms with van der Waals surface area (Å²) in [5.41, 5.74) is 0.222. The number of nitrogens with zero attached hydrogens (tertiary/aromatic N) is 1. The van der Waals surface area contributed by atoms with Crippen LogP contribution in [0.2, 0.25) is 0 Å². The quantitative estimate of drug-likeness (QED) is 0.290. The van der Waals surface area contributed by atoms with Crippen molar-refractivity contribution in [2.45, 2.75) is 6.92 Å². The molecule has 10 heavy (non-hydrogen) atoms. The molecule has 0 rings (SSSR count). The van der Waals surface area contributed by atoms with Crippen molar-refractivity contribution < 1.29 is 14.9 Å². The lowest BCUT2D eigenvalue weighted by atomic mass is 10.2. The number of ketones is 1. The van der Waals surface area contributed by atoms with E-state index in [1.807, 2.05) is 14.1 Å². The average molecular weight is 145 g/mol. The summed E-state index contributed by atoms with van der Waals surface area (Å²) in [6.07, 6.45) is 0. The molecule has 0 aromatic rings. The Morgan fingerprint density at radius 3 is 2.20 bits per heavy atom. The minimum absolute atomic E-state index is 0.177. The van der Waals surface area contributed by atoms with Gasteiger partial charge in [-0.25, -0.2) is 0 Å². The molecule has 0 aromatic carbocycles. The van der Waals surface area contributed by atoms with Crippen LogP contribution in [0.4, 0.5) is 0 Å². The molecular formula is C6H13N2O2+. The first-order chi connectivity index (χ1) is 4.57. The van der Waals surface area contributed by atoms with Gasteiger partial charge in [-0.1, -0.05) is 5.16 Å². The summed E-state index contributed by atoms with van der Waals surface area (Å²) in [6, 6.07) is 0. The average Bonchev–Trinajstić information content (AvgIpc) is 1.81. The molecule has 0 heterocycles. The third kappa shape index (κ3) is 3.19. The Balaban J connectivity index is 3.99. The van der Waals surface area contributed by atoms with E-state index in [2.05, 4.69) is 5.16 Å². The summed E-state index contributed by atoms with van der Waals surface area (Å²) in [5, 5.41) is 11.2. The fraction of sp³-hybridized carbons (Fsp3) is 0.667. The second kappa shape index (κ2) is 4.00. The Hall–Kier alpha value is -0.900. The van der Waals surface area contributed by atoms with Gasteiger partial charge in [0.2, 0.25) is 0 Å². The van der Waals surface area contributed by atoms with Crippen molar-refractivity contribution in [3.8, 4) is 0 Å². The van der Waals surface area contributed by atoms with Crippen molar-refractivity contribution in [1.82, 2.24) is 0 Å². The van der Waals surface area contributed by atoms with Crippen LogP contribution in [0.15, 0.2) is 5.16 Å². The van der Waals surface area contributed by atoms with Gasteiger partial charge in [0.05, 0.1) is 14.1 Å². The van der Waals surface area contributed by atoms with E-state index in [4.69, 9.17) is 5.21 Å². The summed E-state index contributed by atoms with van der Waals surface area (Å²) < 4.78 is 0. The predicted octanol–water partition coefficient (Wildman–Crippen LogP) is -1.45. The monoisotopic (exact) mass is 145 g/mol. The molecule has 58 valence electrons. The Bertz CT molecular complexity index is 152. The second-order valence-electron chi connectivity index (χ2n) is 2.49. The van der Waals surface area contributed by atoms with Crippen LogP contribution in [-0.4, -0.2) is 37.3 Å². The third-order valence-corrected chi connectivity index (χ3v) is 1.05. The summed E-state index contributed by atoms with van der Waals surface area (Å²) in [5.74, 6) is -0.177. The molecule has 2 N–H and O–H groups in total. The van der Waals surface area contributed by atoms with Crippen molar-refractivity contribution in [3.05, 3.63) is 0 Å². The van der Waals surface area contributed by atoms with Crippen molar-refractivity contribution >= 4 is 11.5 Å². The molecule has 0 aliphatic rings. The van der Waals surface area contributed by atoms with E-state index >= 15 is 0 Å². The predicted molar refractivity (Wildman–Crippen MR) is 37.6 cm³/mol. The van der Waals surface area contributed by atoms with Gasteiger partial charge in [0.25, 0.3) is 0 Å². The van der Waals surface area contributed by atoms with Gasteiger partial charge in [0.15, 0.2) is 11.5 Å². The number of quaternary nitrogens is 1. The van der Waals surface area contributed by atoms with Gasteiger partial charge in [0.1, 0.15) is 6.54 Å². The van der Waals surface area contributed by atoms with Crippen molar-refractivity contribution in [1.29, 1.82) is 0 Å². The van der Waals surface area contributed by atoms with Crippen LogP contribution in [0, 0.1) is 0 Å². The van der Waals surface area contributed by atoms with Crippen LogP contribution in [0.3, 0.4) is 0 Å². The van der Waals surface area contributed by atoms with Gasteiger partial charge in [-0.2, -0.15) is 0 Å². The minimum Gasteiger partial charge on any atom is -0.410 e. The molecule has 0 radical (unpaired) electrons. The fourth-order valence-corrected chi connectivity index (χ4v) is 0.565. The molecule has 0 unspecified atom stereocenters.